The highest BCUT2D eigenvalue weighted by Crippen LogP contribution is 2.18. The molecule has 3 nitrogen and oxygen atoms in total. The maximum Gasteiger partial charge on any atom is 0.0881 e. The first-order valence-corrected chi connectivity index (χ1v) is 4.83. The molecule has 1 atom stereocenters. The molecule has 2 heterocycles. The molecule has 14 heavy (non-hydrogen) atoms. The second kappa shape index (κ2) is 3.42. The average molecular weight is 189 g/mol. The lowest BCUT2D eigenvalue weighted by Gasteiger charge is -2.08. The molecule has 3 heteroatoms. The summed E-state index contributed by atoms with van der Waals surface area (Å²) in [5, 5.41) is 0. The van der Waals surface area contributed by atoms with Gasteiger partial charge in [-0.2, -0.15) is 0 Å². The van der Waals surface area contributed by atoms with Crippen molar-refractivity contribution in [2.24, 2.45) is 12.8 Å². The first-order chi connectivity index (χ1) is 6.72. The van der Waals surface area contributed by atoms with Crippen LogP contribution >= 0.6 is 0 Å². The monoisotopic (exact) mass is 189 g/mol. The van der Waals surface area contributed by atoms with Crippen molar-refractivity contribution < 1.29 is 0 Å². The predicted octanol–water partition coefficient (Wildman–Crippen LogP) is 1.64. The normalized spacial score (nSPS) is 13.4. The molecule has 0 saturated carbocycles. The molecule has 0 aliphatic rings. The molecule has 0 aromatic carbocycles. The molecule has 1 unspecified atom stereocenters. The molecule has 0 aliphatic carbocycles. The molecule has 0 spiro atoms. The van der Waals surface area contributed by atoms with Crippen molar-refractivity contribution in [3.05, 3.63) is 30.1 Å². The van der Waals surface area contributed by atoms with Gasteiger partial charge in [0.2, 0.25) is 0 Å². The van der Waals surface area contributed by atoms with E-state index in [9.17, 15) is 0 Å². The first kappa shape index (κ1) is 9.21. The van der Waals surface area contributed by atoms with Crippen LogP contribution in [0.2, 0.25) is 0 Å². The van der Waals surface area contributed by atoms with Crippen LogP contribution in [0, 0.1) is 0 Å². The molecule has 0 saturated heterocycles. The van der Waals surface area contributed by atoms with Crippen LogP contribution in [0.25, 0.3) is 11.0 Å². The highest BCUT2D eigenvalue weighted by atomic mass is 14.9. The third kappa shape index (κ3) is 1.40. The molecule has 0 aliphatic heterocycles. The quantitative estimate of drug-likeness (QED) is 0.780. The summed E-state index contributed by atoms with van der Waals surface area (Å²) in [6, 6.07) is 4.19. The minimum atomic E-state index is 0.377. The minimum absolute atomic E-state index is 0.377. The number of nitrogens with zero attached hydrogens (tertiary/aromatic N) is 2. The van der Waals surface area contributed by atoms with Gasteiger partial charge in [0.15, 0.2) is 0 Å². The van der Waals surface area contributed by atoms with Crippen molar-refractivity contribution in [1.29, 1.82) is 0 Å². The lowest BCUT2D eigenvalue weighted by Crippen LogP contribution is -2.09. The highest BCUT2D eigenvalue weighted by Gasteiger charge is 2.06. The standard InChI is InChI=1S/C11H15N3/c1-8(6-12)9-5-11-10(13-7-9)3-4-14(11)2/h3-5,7-8H,6,12H2,1-2H3. The summed E-state index contributed by atoms with van der Waals surface area (Å²) in [5.74, 6) is 0.377. The van der Waals surface area contributed by atoms with Gasteiger partial charge in [0.25, 0.3) is 0 Å². The van der Waals surface area contributed by atoms with Crippen LogP contribution in [0.5, 0.6) is 0 Å². The van der Waals surface area contributed by atoms with E-state index in [-0.39, 0.29) is 0 Å². The van der Waals surface area contributed by atoms with Crippen LogP contribution in [0.4, 0.5) is 0 Å². The van der Waals surface area contributed by atoms with Gasteiger partial charge < -0.3 is 10.3 Å². The van der Waals surface area contributed by atoms with E-state index in [1.807, 2.05) is 25.5 Å². The summed E-state index contributed by atoms with van der Waals surface area (Å²) >= 11 is 0. The zero-order valence-electron chi connectivity index (χ0n) is 8.57. The van der Waals surface area contributed by atoms with Gasteiger partial charge in [-0.05, 0) is 30.2 Å². The number of fused-ring (bicyclic) bond motifs is 1. The topological polar surface area (TPSA) is 43.8 Å². The van der Waals surface area contributed by atoms with E-state index in [1.54, 1.807) is 0 Å². The average Bonchev–Trinajstić information content (AvgIpc) is 2.59. The molecule has 2 aromatic rings. The van der Waals surface area contributed by atoms with Crippen LogP contribution in [0.3, 0.4) is 0 Å². The molecule has 2 rings (SSSR count). The van der Waals surface area contributed by atoms with E-state index >= 15 is 0 Å². The van der Waals surface area contributed by atoms with Crippen molar-refractivity contribution in [3.8, 4) is 0 Å². The summed E-state index contributed by atoms with van der Waals surface area (Å²) in [5.41, 5.74) is 9.05. The van der Waals surface area contributed by atoms with Crippen molar-refractivity contribution in [2.75, 3.05) is 6.54 Å². The molecule has 0 fully saturated rings. The molecule has 74 valence electrons. The fourth-order valence-corrected chi connectivity index (χ4v) is 1.56. The van der Waals surface area contributed by atoms with Gasteiger partial charge in [-0.3, -0.25) is 4.98 Å². The van der Waals surface area contributed by atoms with Crippen LogP contribution in [-0.4, -0.2) is 16.1 Å². The molecular weight excluding hydrogens is 174 g/mol. The van der Waals surface area contributed by atoms with Gasteiger partial charge in [0.05, 0.1) is 11.0 Å². The SMILES string of the molecule is CC(CN)c1cnc2ccn(C)c2c1. The smallest absolute Gasteiger partial charge is 0.0881 e. The summed E-state index contributed by atoms with van der Waals surface area (Å²) in [7, 11) is 2.03. The zero-order valence-corrected chi connectivity index (χ0v) is 8.57. The minimum Gasteiger partial charge on any atom is -0.349 e. The van der Waals surface area contributed by atoms with E-state index < -0.39 is 0 Å². The molecule has 0 bridgehead atoms. The molecule has 0 radical (unpaired) electrons. The second-order valence-corrected chi connectivity index (χ2v) is 3.74. The lowest BCUT2D eigenvalue weighted by molar-refractivity contribution is 0.770. The van der Waals surface area contributed by atoms with E-state index in [4.69, 9.17) is 5.73 Å². The Bertz CT molecular complexity index is 445. The van der Waals surface area contributed by atoms with E-state index in [0.717, 1.165) is 5.52 Å². The number of hydrogen-bond acceptors (Lipinski definition) is 2. The largest absolute Gasteiger partial charge is 0.349 e. The Morgan fingerprint density at radius 3 is 3.07 bits per heavy atom. The van der Waals surface area contributed by atoms with Gasteiger partial charge in [-0.25, -0.2) is 0 Å². The maximum atomic E-state index is 5.63. The number of aromatic nitrogens is 2. The maximum absolute atomic E-state index is 5.63. The molecule has 0 amide bonds. The van der Waals surface area contributed by atoms with Crippen LogP contribution in [0.1, 0.15) is 18.4 Å². The fourth-order valence-electron chi connectivity index (χ4n) is 1.56. The number of nitrogens with two attached hydrogens (primary N) is 1. The Hall–Kier alpha value is -1.35. The lowest BCUT2D eigenvalue weighted by atomic mass is 10.0. The number of hydrogen-bond donors (Lipinski definition) is 1. The summed E-state index contributed by atoms with van der Waals surface area (Å²) in [4.78, 5) is 4.39. The summed E-state index contributed by atoms with van der Waals surface area (Å²) in [6.45, 7) is 2.78. The zero-order chi connectivity index (χ0) is 10.1. The predicted molar refractivity (Wildman–Crippen MR) is 58.2 cm³/mol. The van der Waals surface area contributed by atoms with Crippen LogP contribution < -0.4 is 5.73 Å². The van der Waals surface area contributed by atoms with Gasteiger partial charge in [-0.15, -0.1) is 0 Å². The Kier molecular flexibility index (Phi) is 2.25. The van der Waals surface area contributed by atoms with Gasteiger partial charge in [-0.1, -0.05) is 6.92 Å². The summed E-state index contributed by atoms with van der Waals surface area (Å²) in [6.07, 6.45) is 3.94. The third-order valence-electron chi connectivity index (χ3n) is 2.68. The third-order valence-corrected chi connectivity index (χ3v) is 2.68. The molecule has 2 aromatic heterocycles. The number of pyridine rings is 1. The number of rotatable bonds is 2. The van der Waals surface area contributed by atoms with Crippen LogP contribution in [-0.2, 0) is 7.05 Å². The fraction of sp³-hybridized carbons (Fsp3) is 0.364. The molecule has 2 N–H and O–H groups in total. The van der Waals surface area contributed by atoms with Gasteiger partial charge in [0, 0.05) is 19.4 Å². The van der Waals surface area contributed by atoms with Gasteiger partial charge in [0.1, 0.15) is 0 Å². The Balaban J connectivity index is 2.54. The number of aryl methyl sites for hydroxylation is 1. The highest BCUT2D eigenvalue weighted by molar-refractivity contribution is 5.76. The first-order valence-electron chi connectivity index (χ1n) is 4.83. The van der Waals surface area contributed by atoms with Crippen molar-refractivity contribution in [2.45, 2.75) is 12.8 Å². The van der Waals surface area contributed by atoms with Crippen molar-refractivity contribution >= 4 is 11.0 Å². The van der Waals surface area contributed by atoms with Crippen molar-refractivity contribution in [3.63, 3.8) is 0 Å². The Morgan fingerprint density at radius 1 is 1.57 bits per heavy atom. The Labute approximate surface area is 83.6 Å². The summed E-state index contributed by atoms with van der Waals surface area (Å²) < 4.78 is 2.08. The van der Waals surface area contributed by atoms with E-state index in [1.165, 1.54) is 11.1 Å². The molecular formula is C11H15N3. The second-order valence-electron chi connectivity index (χ2n) is 3.74. The Morgan fingerprint density at radius 2 is 2.36 bits per heavy atom. The van der Waals surface area contributed by atoms with Crippen molar-refractivity contribution in [1.82, 2.24) is 9.55 Å². The van der Waals surface area contributed by atoms with E-state index in [0.29, 0.717) is 12.5 Å². The van der Waals surface area contributed by atoms with E-state index in [2.05, 4.69) is 22.5 Å². The van der Waals surface area contributed by atoms with Crippen LogP contribution in [0.15, 0.2) is 24.5 Å². The van der Waals surface area contributed by atoms with Gasteiger partial charge >= 0.3 is 0 Å².